The van der Waals surface area contributed by atoms with Gasteiger partial charge in [-0.05, 0) is 129 Å². The molecule has 3 atom stereocenters. The highest BCUT2D eigenvalue weighted by molar-refractivity contribution is 8.12. The summed E-state index contributed by atoms with van der Waals surface area (Å²) in [6.07, 6.45) is 7.08. The third kappa shape index (κ3) is 18.6. The molecule has 0 spiro atoms. The van der Waals surface area contributed by atoms with Gasteiger partial charge in [-0.25, -0.2) is 33.7 Å². The van der Waals surface area contributed by atoms with E-state index in [4.69, 9.17) is 9.29 Å². The lowest BCUT2D eigenvalue weighted by molar-refractivity contribution is -0.247. The number of hydrogen-bond acceptors (Lipinski definition) is 14. The second-order valence-corrected chi connectivity index (χ2v) is 37.5. The summed E-state index contributed by atoms with van der Waals surface area (Å²) in [5.74, 6) is -15.0. The molecule has 1 N–H and O–H groups in total. The first-order valence-electron chi connectivity index (χ1n) is 32.0. The van der Waals surface area contributed by atoms with Crippen LogP contribution in [0.5, 0.6) is 0 Å². The Balaban J connectivity index is 0.000000176. The fraction of sp³-hybridized carbons (Fsp3) is 0.439. The molecule has 566 valence electrons. The van der Waals surface area contributed by atoms with Gasteiger partial charge in [0, 0.05) is 58.5 Å². The van der Waals surface area contributed by atoms with Gasteiger partial charge in [-0.3, -0.25) is 19.1 Å². The number of esters is 1. The zero-order valence-corrected chi connectivity index (χ0v) is 60.6. The maximum atomic E-state index is 14.3. The fourth-order valence-corrected chi connectivity index (χ4v) is 22.2. The molecule has 5 fully saturated rings. The van der Waals surface area contributed by atoms with E-state index in [0.29, 0.717) is 12.8 Å². The summed E-state index contributed by atoms with van der Waals surface area (Å²) in [7, 11) is -32.4. The molecule has 4 saturated heterocycles. The van der Waals surface area contributed by atoms with E-state index in [9.17, 15) is 99.6 Å². The Morgan fingerprint density at radius 1 is 0.447 bits per heavy atom. The number of sulfonamides is 4. The molecule has 0 bridgehead atoms. The molecule has 18 nitrogen and oxygen atoms in total. The largest absolute Gasteiger partial charge is 0.464 e. The number of halogens is 12. The average Bonchev–Trinajstić information content (AvgIpc) is 0.900. The van der Waals surface area contributed by atoms with E-state index in [1.165, 1.54) is 76.3 Å². The predicted octanol–water partition coefficient (Wildman–Crippen LogP) is 12.8. The lowest BCUT2D eigenvalue weighted by Crippen LogP contribution is -2.64. The number of fused-ring (bicyclic) bond motifs is 1. The minimum absolute atomic E-state index is 0.00741. The minimum Gasteiger partial charge on any atom is -0.464 e. The van der Waals surface area contributed by atoms with Gasteiger partial charge < -0.3 is 8.86 Å². The first-order chi connectivity index (χ1) is 48.1. The van der Waals surface area contributed by atoms with E-state index >= 15 is 0 Å². The van der Waals surface area contributed by atoms with Crippen molar-refractivity contribution in [3.8, 4) is 0 Å². The number of nitrogens with zero attached hydrogens (tertiary/aromatic N) is 5. The van der Waals surface area contributed by atoms with Crippen LogP contribution in [0.1, 0.15) is 63.4 Å². The summed E-state index contributed by atoms with van der Waals surface area (Å²) < 4.78 is 293. The minimum atomic E-state index is -7.14. The number of hydrogen-bond donors (Lipinski definition) is 1. The van der Waals surface area contributed by atoms with E-state index in [-0.39, 0.29) is 67.9 Å². The zero-order valence-electron chi connectivity index (χ0n) is 54.9. The number of piperazine rings is 1. The van der Waals surface area contributed by atoms with Gasteiger partial charge in [0.2, 0.25) is 0 Å². The monoisotopic (exact) mass is 1600 g/mol. The Kier molecular flexibility index (Phi) is 27.0. The molecular formula is C66H74F12N5O13S7+. The van der Waals surface area contributed by atoms with Gasteiger partial charge >= 0.3 is 49.0 Å². The number of carbonyl (C=O) groups excluding carboxylic acids is 1. The topological polar surface area (TPSA) is 244 Å². The number of benzene rings is 6. The molecule has 11 rings (SSSR count). The van der Waals surface area contributed by atoms with Crippen LogP contribution in [0.25, 0.3) is 4.13 Å². The van der Waals surface area contributed by atoms with Crippen molar-refractivity contribution in [1.29, 1.82) is 0 Å². The number of piperidine rings is 2. The van der Waals surface area contributed by atoms with Crippen LogP contribution in [0.2, 0.25) is 0 Å². The van der Waals surface area contributed by atoms with Crippen molar-refractivity contribution < 1.29 is 109 Å². The molecule has 0 amide bonds. The Bertz CT molecular complexity index is 4260. The molecule has 103 heavy (non-hydrogen) atoms. The van der Waals surface area contributed by atoms with E-state index in [0.717, 1.165) is 19.4 Å². The third-order valence-electron chi connectivity index (χ3n) is 17.4. The van der Waals surface area contributed by atoms with Crippen molar-refractivity contribution in [3.05, 3.63) is 186 Å². The highest BCUT2D eigenvalue weighted by Gasteiger charge is 2.83. The van der Waals surface area contributed by atoms with Crippen LogP contribution in [0.4, 0.5) is 52.7 Å². The zero-order chi connectivity index (χ0) is 75.7. The molecule has 5 aliphatic rings. The van der Waals surface area contributed by atoms with Crippen molar-refractivity contribution in [1.82, 2.24) is 18.4 Å². The van der Waals surface area contributed by atoms with Crippen LogP contribution in [0.15, 0.2) is 205 Å². The van der Waals surface area contributed by atoms with Crippen LogP contribution in [-0.2, 0) is 88.1 Å². The maximum absolute atomic E-state index is 14.3. The first-order valence-corrected chi connectivity index (χ1v) is 42.0. The molecule has 1 aliphatic carbocycles. The number of cyclic esters (lactones) is 1. The first kappa shape index (κ1) is 82.8. The van der Waals surface area contributed by atoms with Gasteiger partial charge in [-0.15, -0.1) is 0 Å². The van der Waals surface area contributed by atoms with Gasteiger partial charge in [0.25, 0.3) is 20.0 Å². The average molecular weight is 1600 g/mol. The fourth-order valence-electron chi connectivity index (χ4n) is 12.1. The third-order valence-corrected chi connectivity index (χ3v) is 29.4. The number of rotatable bonds is 21. The van der Waals surface area contributed by atoms with Crippen LogP contribution in [-0.4, -0.2) is 175 Å². The van der Waals surface area contributed by atoms with Crippen molar-refractivity contribution in [3.63, 3.8) is 0 Å². The van der Waals surface area contributed by atoms with Gasteiger partial charge in [0.05, 0.1) is 38.4 Å². The van der Waals surface area contributed by atoms with Gasteiger partial charge in [-0.1, -0.05) is 129 Å². The molecule has 3 unspecified atom stereocenters. The Morgan fingerprint density at radius 3 is 1.25 bits per heavy atom. The molecule has 0 radical (unpaired) electrons. The second-order valence-electron chi connectivity index (χ2n) is 24.5. The summed E-state index contributed by atoms with van der Waals surface area (Å²) in [4.78, 5) is 23.7. The van der Waals surface area contributed by atoms with Crippen LogP contribution >= 0.6 is 0 Å². The second kappa shape index (κ2) is 33.5. The Morgan fingerprint density at radius 2 is 0.845 bits per heavy atom. The van der Waals surface area contributed by atoms with E-state index in [1.807, 2.05) is 0 Å². The van der Waals surface area contributed by atoms with Crippen LogP contribution < -0.4 is 0 Å². The van der Waals surface area contributed by atoms with Crippen LogP contribution in [0.3, 0.4) is 0 Å². The molecule has 1 saturated carbocycles. The molecule has 37 heteroatoms. The Hall–Kier alpha value is -5.84. The van der Waals surface area contributed by atoms with Gasteiger partial charge in [0.15, 0.2) is 39.4 Å². The number of alkyl halides is 12. The summed E-state index contributed by atoms with van der Waals surface area (Å²) in [5, 5.41) is -26.7. The number of likely N-dealkylation sites (tertiary alicyclic amines) is 1. The highest BCUT2D eigenvalue weighted by atomic mass is 32.3. The van der Waals surface area contributed by atoms with E-state index in [2.05, 4.69) is 181 Å². The lowest BCUT2D eigenvalue weighted by Gasteiger charge is -2.42. The maximum Gasteiger partial charge on any atom is 0.439 e. The normalized spacial score (nSPS) is 19.9. The number of ether oxygens (including phenoxy) is 1. The summed E-state index contributed by atoms with van der Waals surface area (Å²) in [6, 6.07) is 62.4. The molecule has 6 aromatic carbocycles. The van der Waals surface area contributed by atoms with Gasteiger partial charge in [-0.2, -0.15) is 69.7 Å². The van der Waals surface area contributed by atoms with Gasteiger partial charge in [0.1, 0.15) is 6.04 Å². The summed E-state index contributed by atoms with van der Waals surface area (Å²) in [6.45, 7) is -0.141. The van der Waals surface area contributed by atoms with Crippen molar-refractivity contribution >= 4 is 78.0 Å². The van der Waals surface area contributed by atoms with E-state index < -0.39 is 134 Å². The lowest BCUT2D eigenvalue weighted by atomic mass is 9.76. The highest BCUT2D eigenvalue weighted by Crippen LogP contribution is 2.54. The predicted molar refractivity (Wildman–Crippen MR) is 362 cm³/mol. The van der Waals surface area contributed by atoms with Crippen LogP contribution in [0, 0.1) is 11.8 Å². The SMILES string of the molecule is CS(=O)(=O)[N-]S(=O)(=O)C(F)(F)C(F)(F)C(F)(F)S(=O)(=O)N1CCN(C2CCOC2=O)CC1.O=S(=O)(O)C(F)(F)C(F)(F)C(F)(F)S(=O)(=O)N1CCC2CCCCC2C1.c1ccc([S+](c2ccccc2)c2cccc(CN3CCCCC3)c2)cc1.c1ccc([S+](c2ccccc2)c2ccccc2)cc1. The van der Waals surface area contributed by atoms with Crippen molar-refractivity contribution in [2.24, 2.45) is 11.8 Å². The quantitative estimate of drug-likeness (QED) is 0.0305. The standard InChI is InChI=1S/C24H26NS.C18H15S.C12H16F6N3O8S3.C12H17F6NO5S2/c1-4-12-22(13-5-1)26(23-14-6-2-7-15-23)24-16-10-11-21(19-24)20-25-17-8-3-9-18-25;1-4-10-16(11-5-1)19(17-12-6-2-7-13-17)18-14-8-3-9-15-18;1-30(23,24)19-31(25,26)11(15,16)10(13,14)12(17,18)32(27,28)21-5-3-20(4-6-21)8-2-7-29-9(8)22;13-10(14,12(17,18)26(22,23)24)11(15,16)25(20,21)19-6-5-8-3-1-2-4-9(8)7-19/h1-2,4-7,10-16,19H,3,8-9,17-18,20H2;1-15H;8H,2-7H2,1H3;8-9H,1-7H2,(H,22,23,24)/q2*+1;-1;. The number of carbonyl (C=O) groups is 1. The van der Waals surface area contributed by atoms with E-state index in [1.54, 1.807) is 0 Å². The molecular weight excluding hydrogens is 1520 g/mol. The summed E-state index contributed by atoms with van der Waals surface area (Å²) in [5.41, 5.74) is 1.44. The Labute approximate surface area is 596 Å². The molecule has 6 aromatic rings. The molecule has 4 heterocycles. The van der Waals surface area contributed by atoms with Crippen molar-refractivity contribution in [2.45, 2.75) is 133 Å². The molecule has 4 aliphatic heterocycles. The molecule has 0 aromatic heterocycles. The smallest absolute Gasteiger partial charge is 0.439 e. The van der Waals surface area contributed by atoms with Crippen molar-refractivity contribution in [2.75, 3.05) is 65.2 Å². The summed E-state index contributed by atoms with van der Waals surface area (Å²) >= 11 is 0.